The molecule has 0 fully saturated rings. The number of carbonyl (C=O) groups excluding carboxylic acids is 1. The number of hydrogen-bond acceptors (Lipinski definition) is 4. The lowest BCUT2D eigenvalue weighted by Crippen LogP contribution is -2.26. The van der Waals surface area contributed by atoms with Crippen LogP contribution in [0.5, 0.6) is 0 Å². The SMILES string of the molecule is CCc1csc(CNC(=O)c2ccnn2C(C)C)n1. The molecule has 2 aromatic heterocycles. The van der Waals surface area contributed by atoms with Crippen LogP contribution in [0.4, 0.5) is 0 Å². The van der Waals surface area contributed by atoms with Crippen LogP contribution in [0.1, 0.15) is 48.0 Å². The fourth-order valence-corrected chi connectivity index (χ4v) is 2.56. The van der Waals surface area contributed by atoms with Crippen molar-refractivity contribution in [3.63, 3.8) is 0 Å². The molecule has 6 heteroatoms. The first-order valence-electron chi connectivity index (χ1n) is 6.36. The summed E-state index contributed by atoms with van der Waals surface area (Å²) in [4.78, 5) is 16.5. The largest absolute Gasteiger partial charge is 0.344 e. The van der Waals surface area contributed by atoms with Gasteiger partial charge in [-0.15, -0.1) is 11.3 Å². The van der Waals surface area contributed by atoms with Crippen LogP contribution < -0.4 is 5.32 Å². The summed E-state index contributed by atoms with van der Waals surface area (Å²) >= 11 is 1.58. The Hall–Kier alpha value is -1.69. The van der Waals surface area contributed by atoms with Crippen molar-refractivity contribution in [3.05, 3.63) is 34.0 Å². The first-order chi connectivity index (χ1) is 9.11. The van der Waals surface area contributed by atoms with E-state index in [2.05, 4.69) is 22.3 Å². The van der Waals surface area contributed by atoms with Gasteiger partial charge in [-0.05, 0) is 26.3 Å². The van der Waals surface area contributed by atoms with E-state index in [-0.39, 0.29) is 11.9 Å². The van der Waals surface area contributed by atoms with E-state index in [0.29, 0.717) is 12.2 Å². The van der Waals surface area contributed by atoms with Crippen molar-refractivity contribution >= 4 is 17.2 Å². The molecule has 5 nitrogen and oxygen atoms in total. The zero-order valence-corrected chi connectivity index (χ0v) is 12.2. The number of rotatable bonds is 5. The van der Waals surface area contributed by atoms with Gasteiger partial charge in [0.1, 0.15) is 10.7 Å². The zero-order chi connectivity index (χ0) is 13.8. The average molecular weight is 278 g/mol. The number of aryl methyl sites for hydroxylation is 1. The molecule has 0 saturated heterocycles. The Morgan fingerprint density at radius 1 is 1.53 bits per heavy atom. The molecular formula is C13H18N4OS. The van der Waals surface area contributed by atoms with Crippen LogP contribution in [0.15, 0.2) is 17.6 Å². The molecule has 0 aliphatic heterocycles. The molecule has 19 heavy (non-hydrogen) atoms. The molecule has 1 N–H and O–H groups in total. The third-order valence-electron chi connectivity index (χ3n) is 2.75. The molecule has 0 aliphatic rings. The summed E-state index contributed by atoms with van der Waals surface area (Å²) in [6, 6.07) is 1.90. The standard InChI is InChI=1S/C13H18N4OS/c1-4-10-8-19-12(16-10)7-14-13(18)11-5-6-15-17(11)9(2)3/h5-6,8-9H,4,7H2,1-3H3,(H,14,18). The molecule has 0 bridgehead atoms. The van der Waals surface area contributed by atoms with E-state index in [0.717, 1.165) is 17.1 Å². The Morgan fingerprint density at radius 2 is 2.32 bits per heavy atom. The molecule has 0 unspecified atom stereocenters. The van der Waals surface area contributed by atoms with Crippen molar-refractivity contribution in [1.29, 1.82) is 0 Å². The molecule has 2 aromatic rings. The highest BCUT2D eigenvalue weighted by Crippen LogP contribution is 2.11. The second-order valence-electron chi connectivity index (χ2n) is 4.52. The maximum absolute atomic E-state index is 12.1. The minimum Gasteiger partial charge on any atom is -0.344 e. The van der Waals surface area contributed by atoms with E-state index in [9.17, 15) is 4.79 Å². The maximum Gasteiger partial charge on any atom is 0.269 e. The van der Waals surface area contributed by atoms with Gasteiger partial charge in [-0.2, -0.15) is 5.10 Å². The van der Waals surface area contributed by atoms with Crippen LogP contribution in [0, 0.1) is 0 Å². The number of thiazole rings is 1. The molecule has 102 valence electrons. The van der Waals surface area contributed by atoms with Gasteiger partial charge in [0.2, 0.25) is 0 Å². The van der Waals surface area contributed by atoms with Crippen molar-refractivity contribution in [2.75, 3.05) is 0 Å². The van der Waals surface area contributed by atoms with Gasteiger partial charge in [0.05, 0.1) is 12.2 Å². The highest BCUT2D eigenvalue weighted by molar-refractivity contribution is 7.09. The van der Waals surface area contributed by atoms with Gasteiger partial charge in [-0.25, -0.2) is 4.98 Å². The van der Waals surface area contributed by atoms with Crippen LogP contribution in [0.2, 0.25) is 0 Å². The van der Waals surface area contributed by atoms with Crippen molar-refractivity contribution in [1.82, 2.24) is 20.1 Å². The Labute approximate surface area is 116 Å². The van der Waals surface area contributed by atoms with Crippen molar-refractivity contribution < 1.29 is 4.79 Å². The second-order valence-corrected chi connectivity index (χ2v) is 5.47. The zero-order valence-electron chi connectivity index (χ0n) is 11.4. The number of hydrogen-bond donors (Lipinski definition) is 1. The van der Waals surface area contributed by atoms with E-state index < -0.39 is 0 Å². The minimum atomic E-state index is -0.112. The third kappa shape index (κ3) is 3.20. The van der Waals surface area contributed by atoms with E-state index in [4.69, 9.17) is 0 Å². The highest BCUT2D eigenvalue weighted by Gasteiger charge is 2.14. The first kappa shape index (κ1) is 13.7. The molecule has 0 spiro atoms. The van der Waals surface area contributed by atoms with Crippen molar-refractivity contribution in [2.24, 2.45) is 0 Å². The second kappa shape index (κ2) is 5.97. The number of carbonyl (C=O) groups is 1. The Bertz CT molecular complexity index is 558. The number of nitrogens with one attached hydrogen (secondary N) is 1. The molecule has 0 aliphatic carbocycles. The summed E-state index contributed by atoms with van der Waals surface area (Å²) in [6.07, 6.45) is 2.57. The summed E-state index contributed by atoms with van der Waals surface area (Å²) in [6.45, 7) is 6.53. The summed E-state index contributed by atoms with van der Waals surface area (Å²) in [5.41, 5.74) is 1.66. The first-order valence-corrected chi connectivity index (χ1v) is 7.24. The van der Waals surface area contributed by atoms with Crippen molar-refractivity contribution in [2.45, 2.75) is 39.8 Å². The van der Waals surface area contributed by atoms with Gasteiger partial charge in [-0.1, -0.05) is 6.92 Å². The number of nitrogens with zero attached hydrogens (tertiary/aromatic N) is 3. The van der Waals surface area contributed by atoms with Crippen LogP contribution in [0.3, 0.4) is 0 Å². The summed E-state index contributed by atoms with van der Waals surface area (Å²) in [5, 5.41) is 9.99. The molecular weight excluding hydrogens is 260 g/mol. The number of aromatic nitrogens is 3. The van der Waals surface area contributed by atoms with Gasteiger partial charge < -0.3 is 5.32 Å². The fraction of sp³-hybridized carbons (Fsp3) is 0.462. The van der Waals surface area contributed by atoms with Crippen LogP contribution in [-0.2, 0) is 13.0 Å². The molecule has 0 aromatic carbocycles. The fourth-order valence-electron chi connectivity index (χ4n) is 1.74. The molecule has 2 heterocycles. The van der Waals surface area contributed by atoms with Gasteiger partial charge in [0.25, 0.3) is 5.91 Å². The lowest BCUT2D eigenvalue weighted by molar-refractivity contribution is 0.0938. The van der Waals surface area contributed by atoms with Gasteiger partial charge in [0, 0.05) is 17.6 Å². The van der Waals surface area contributed by atoms with E-state index in [1.807, 2.05) is 19.2 Å². The van der Waals surface area contributed by atoms with E-state index >= 15 is 0 Å². The predicted octanol–water partition coefficient (Wildman–Crippen LogP) is 2.41. The molecule has 0 atom stereocenters. The Balaban J connectivity index is 1.99. The average Bonchev–Trinajstić information content (AvgIpc) is 3.04. The molecule has 0 saturated carbocycles. The lowest BCUT2D eigenvalue weighted by atomic mass is 10.3. The third-order valence-corrected chi connectivity index (χ3v) is 3.65. The Kier molecular flexibility index (Phi) is 4.31. The van der Waals surface area contributed by atoms with Crippen LogP contribution in [-0.4, -0.2) is 20.7 Å². The van der Waals surface area contributed by atoms with Gasteiger partial charge in [-0.3, -0.25) is 9.48 Å². The molecule has 1 amide bonds. The van der Waals surface area contributed by atoms with Gasteiger partial charge >= 0.3 is 0 Å². The van der Waals surface area contributed by atoms with Gasteiger partial charge in [0.15, 0.2) is 0 Å². The monoisotopic (exact) mass is 278 g/mol. The maximum atomic E-state index is 12.1. The molecule has 0 radical (unpaired) electrons. The summed E-state index contributed by atoms with van der Waals surface area (Å²) in [7, 11) is 0. The minimum absolute atomic E-state index is 0.112. The normalized spacial score (nSPS) is 10.9. The smallest absolute Gasteiger partial charge is 0.269 e. The van der Waals surface area contributed by atoms with Crippen LogP contribution >= 0.6 is 11.3 Å². The Morgan fingerprint density at radius 3 is 2.95 bits per heavy atom. The lowest BCUT2D eigenvalue weighted by Gasteiger charge is -2.10. The highest BCUT2D eigenvalue weighted by atomic mass is 32.1. The topological polar surface area (TPSA) is 59.8 Å². The predicted molar refractivity (Wildman–Crippen MR) is 75.3 cm³/mol. The quantitative estimate of drug-likeness (QED) is 0.913. The molecule has 2 rings (SSSR count). The van der Waals surface area contributed by atoms with Crippen LogP contribution in [0.25, 0.3) is 0 Å². The summed E-state index contributed by atoms with van der Waals surface area (Å²) in [5.74, 6) is -0.112. The van der Waals surface area contributed by atoms with Crippen molar-refractivity contribution in [3.8, 4) is 0 Å². The van der Waals surface area contributed by atoms with E-state index in [1.165, 1.54) is 0 Å². The summed E-state index contributed by atoms with van der Waals surface area (Å²) < 4.78 is 1.72. The number of amides is 1. The van der Waals surface area contributed by atoms with E-state index in [1.54, 1.807) is 28.3 Å².